The molecule has 0 fully saturated rings. The Kier molecular flexibility index (Phi) is 4.39. The molecule has 0 bridgehead atoms. The van der Waals surface area contributed by atoms with Crippen molar-refractivity contribution in [2.45, 2.75) is 6.61 Å². The van der Waals surface area contributed by atoms with Gasteiger partial charge in [0.15, 0.2) is 11.6 Å². The molecular weight excluding hydrogens is 313 g/mol. The molecule has 96 valence electrons. The number of rotatable bonds is 4. The van der Waals surface area contributed by atoms with Crippen molar-refractivity contribution in [3.8, 4) is 5.75 Å². The van der Waals surface area contributed by atoms with Gasteiger partial charge < -0.3 is 4.74 Å². The van der Waals surface area contributed by atoms with Gasteiger partial charge in [-0.05, 0) is 39.2 Å². The van der Waals surface area contributed by atoms with Crippen molar-refractivity contribution >= 4 is 21.6 Å². The number of azide groups is 1. The van der Waals surface area contributed by atoms with E-state index in [-0.39, 0.29) is 18.0 Å². The summed E-state index contributed by atoms with van der Waals surface area (Å²) in [6, 6.07) is 12.1. The molecule has 0 aromatic heterocycles. The zero-order chi connectivity index (χ0) is 13.7. The van der Waals surface area contributed by atoms with E-state index in [0.29, 0.717) is 4.47 Å². The van der Waals surface area contributed by atoms with E-state index in [0.717, 1.165) is 11.6 Å². The van der Waals surface area contributed by atoms with Crippen LogP contribution in [0.3, 0.4) is 0 Å². The number of hydrogen-bond donors (Lipinski definition) is 0. The summed E-state index contributed by atoms with van der Waals surface area (Å²) in [6.45, 7) is 0.261. The van der Waals surface area contributed by atoms with E-state index < -0.39 is 5.82 Å². The first-order valence-electron chi connectivity index (χ1n) is 5.41. The molecule has 6 heteroatoms. The minimum Gasteiger partial charge on any atom is -0.485 e. The molecule has 2 aromatic rings. The Labute approximate surface area is 117 Å². The Hall–Kier alpha value is -2.04. The largest absolute Gasteiger partial charge is 0.485 e. The second-order valence-electron chi connectivity index (χ2n) is 3.70. The van der Waals surface area contributed by atoms with Crippen LogP contribution in [0.2, 0.25) is 0 Å². The maximum atomic E-state index is 13.8. The maximum absolute atomic E-state index is 13.8. The summed E-state index contributed by atoms with van der Waals surface area (Å²) in [6.07, 6.45) is 0. The van der Waals surface area contributed by atoms with Crippen LogP contribution in [0.4, 0.5) is 10.1 Å². The summed E-state index contributed by atoms with van der Waals surface area (Å²) in [7, 11) is 0. The highest BCUT2D eigenvalue weighted by atomic mass is 79.9. The quantitative estimate of drug-likeness (QED) is 0.438. The van der Waals surface area contributed by atoms with Gasteiger partial charge in [-0.1, -0.05) is 35.4 Å². The van der Waals surface area contributed by atoms with Gasteiger partial charge in [0.25, 0.3) is 0 Å². The van der Waals surface area contributed by atoms with Crippen molar-refractivity contribution in [3.05, 3.63) is 68.8 Å². The maximum Gasteiger partial charge on any atom is 0.169 e. The number of benzene rings is 2. The average molecular weight is 322 g/mol. The molecule has 0 N–H and O–H groups in total. The molecule has 4 nitrogen and oxygen atoms in total. The van der Waals surface area contributed by atoms with Crippen LogP contribution >= 0.6 is 15.9 Å². The Morgan fingerprint density at radius 2 is 2.00 bits per heavy atom. The summed E-state index contributed by atoms with van der Waals surface area (Å²) in [5.41, 5.74) is 9.44. The van der Waals surface area contributed by atoms with Crippen LogP contribution in [0.15, 0.2) is 52.1 Å². The first-order chi connectivity index (χ1) is 9.20. The van der Waals surface area contributed by atoms with Gasteiger partial charge in [0, 0.05) is 10.6 Å². The molecule has 0 saturated heterocycles. The highest BCUT2D eigenvalue weighted by Gasteiger charge is 2.10. The van der Waals surface area contributed by atoms with Gasteiger partial charge in [0.2, 0.25) is 0 Å². The lowest BCUT2D eigenvalue weighted by molar-refractivity contribution is 0.288. The summed E-state index contributed by atoms with van der Waals surface area (Å²) < 4.78 is 19.6. The molecule has 0 aliphatic rings. The highest BCUT2D eigenvalue weighted by molar-refractivity contribution is 9.10. The van der Waals surface area contributed by atoms with Gasteiger partial charge in [-0.2, -0.15) is 0 Å². The summed E-state index contributed by atoms with van der Waals surface area (Å²) in [4.78, 5) is 2.61. The summed E-state index contributed by atoms with van der Waals surface area (Å²) in [5.74, 6) is -0.478. The molecule has 0 radical (unpaired) electrons. The molecule has 0 amide bonds. The third-order valence-corrected chi connectivity index (χ3v) is 2.96. The van der Waals surface area contributed by atoms with Crippen molar-refractivity contribution < 1.29 is 9.13 Å². The minimum absolute atomic E-state index is 0.0979. The fraction of sp³-hybridized carbons (Fsp3) is 0.0769. The van der Waals surface area contributed by atoms with E-state index in [9.17, 15) is 4.39 Å². The molecule has 19 heavy (non-hydrogen) atoms. The van der Waals surface area contributed by atoms with Gasteiger partial charge in [-0.25, -0.2) is 4.39 Å². The second kappa shape index (κ2) is 6.22. The minimum atomic E-state index is -0.576. The molecule has 0 heterocycles. The molecule has 0 aliphatic heterocycles. The van der Waals surface area contributed by atoms with Gasteiger partial charge in [0.05, 0.1) is 4.47 Å². The fourth-order valence-corrected chi connectivity index (χ4v) is 2.06. The van der Waals surface area contributed by atoms with E-state index in [2.05, 4.69) is 26.0 Å². The predicted molar refractivity (Wildman–Crippen MR) is 73.7 cm³/mol. The number of halogens is 2. The summed E-state index contributed by atoms with van der Waals surface area (Å²) in [5, 5.41) is 3.34. The molecule has 2 aromatic carbocycles. The van der Waals surface area contributed by atoms with Gasteiger partial charge in [-0.3, -0.25) is 0 Å². The molecule has 0 atom stereocenters. The third kappa shape index (κ3) is 3.47. The SMILES string of the molecule is [N-]=[N+]=Nc1cc(F)c(OCc2ccccc2)c(Br)c1. The molecule has 0 aliphatic carbocycles. The topological polar surface area (TPSA) is 58.0 Å². The van der Waals surface area contributed by atoms with Crippen molar-refractivity contribution in [3.63, 3.8) is 0 Å². The normalized spacial score (nSPS) is 9.79. The smallest absolute Gasteiger partial charge is 0.169 e. The highest BCUT2D eigenvalue weighted by Crippen LogP contribution is 2.33. The number of hydrogen-bond acceptors (Lipinski definition) is 2. The van der Waals surface area contributed by atoms with Crippen molar-refractivity contribution in [1.29, 1.82) is 0 Å². The van der Waals surface area contributed by atoms with E-state index >= 15 is 0 Å². The monoisotopic (exact) mass is 321 g/mol. The third-order valence-electron chi connectivity index (χ3n) is 2.37. The lowest BCUT2D eigenvalue weighted by Crippen LogP contribution is -1.98. The van der Waals surface area contributed by atoms with Crippen molar-refractivity contribution in [2.24, 2.45) is 5.11 Å². The predicted octanol–water partition coefficient (Wildman–Crippen LogP) is 5.11. The van der Waals surface area contributed by atoms with Gasteiger partial charge in [-0.15, -0.1) is 0 Å². The van der Waals surface area contributed by atoms with E-state index in [1.54, 1.807) is 0 Å². The van der Waals surface area contributed by atoms with Crippen LogP contribution < -0.4 is 4.74 Å². The van der Waals surface area contributed by atoms with Crippen LogP contribution in [-0.2, 0) is 6.61 Å². The average Bonchev–Trinajstić information content (AvgIpc) is 2.39. The molecule has 0 spiro atoms. The molecular formula is C13H9BrFN3O. The fourth-order valence-electron chi connectivity index (χ4n) is 1.52. The van der Waals surface area contributed by atoms with Crippen LogP contribution in [0, 0.1) is 5.82 Å². The zero-order valence-electron chi connectivity index (χ0n) is 9.75. The Balaban J connectivity index is 2.19. The van der Waals surface area contributed by atoms with Crippen molar-refractivity contribution in [2.75, 3.05) is 0 Å². The number of nitrogens with zero attached hydrogens (tertiary/aromatic N) is 3. The molecule has 0 unspecified atom stereocenters. The van der Waals surface area contributed by atoms with Gasteiger partial charge in [0.1, 0.15) is 6.61 Å². The summed E-state index contributed by atoms with van der Waals surface area (Å²) >= 11 is 3.19. The first kappa shape index (κ1) is 13.4. The standard InChI is InChI=1S/C13H9BrFN3O/c14-11-6-10(17-18-16)7-12(15)13(11)19-8-9-4-2-1-3-5-9/h1-7H,8H2. The van der Waals surface area contributed by atoms with E-state index in [1.807, 2.05) is 30.3 Å². The second-order valence-corrected chi connectivity index (χ2v) is 4.56. The van der Waals surface area contributed by atoms with Gasteiger partial charge >= 0.3 is 0 Å². The lowest BCUT2D eigenvalue weighted by atomic mass is 10.2. The van der Waals surface area contributed by atoms with Crippen LogP contribution in [0.25, 0.3) is 10.4 Å². The Morgan fingerprint density at radius 1 is 1.26 bits per heavy atom. The first-order valence-corrected chi connectivity index (χ1v) is 6.21. The molecule has 2 rings (SSSR count). The Morgan fingerprint density at radius 3 is 2.63 bits per heavy atom. The van der Waals surface area contributed by atoms with Crippen molar-refractivity contribution in [1.82, 2.24) is 0 Å². The van der Waals surface area contributed by atoms with Crippen LogP contribution in [-0.4, -0.2) is 0 Å². The lowest BCUT2D eigenvalue weighted by Gasteiger charge is -2.10. The Bertz CT molecular complexity index is 604. The van der Waals surface area contributed by atoms with E-state index in [1.165, 1.54) is 6.07 Å². The van der Waals surface area contributed by atoms with E-state index in [4.69, 9.17) is 10.3 Å². The van der Waals surface area contributed by atoms with Crippen LogP contribution in [0.5, 0.6) is 5.75 Å². The zero-order valence-corrected chi connectivity index (χ0v) is 11.3. The number of ether oxygens (including phenoxy) is 1. The van der Waals surface area contributed by atoms with Crippen LogP contribution in [0.1, 0.15) is 5.56 Å². The molecule has 0 saturated carbocycles.